The van der Waals surface area contributed by atoms with Crippen molar-refractivity contribution in [1.82, 2.24) is 14.9 Å². The number of urea groups is 1. The number of nitro groups is 1. The van der Waals surface area contributed by atoms with Crippen LogP contribution in [0.4, 0.5) is 16.2 Å². The molecule has 1 N–H and O–H groups in total. The van der Waals surface area contributed by atoms with Crippen LogP contribution in [0.2, 0.25) is 0 Å². The highest BCUT2D eigenvalue weighted by Gasteiger charge is 2.37. The summed E-state index contributed by atoms with van der Waals surface area (Å²) in [5.41, 5.74) is 3.09. The molecule has 3 heterocycles. The first-order valence-electron chi connectivity index (χ1n) is 11.9. The summed E-state index contributed by atoms with van der Waals surface area (Å²) in [6.45, 7) is 3.74. The number of barbiturate groups is 1. The number of hydrogen-bond acceptors (Lipinski definition) is 7. The summed E-state index contributed by atoms with van der Waals surface area (Å²) in [4.78, 5) is 53.5. The van der Waals surface area contributed by atoms with Gasteiger partial charge in [-0.15, -0.1) is 0 Å². The molecule has 4 aromatic rings. The summed E-state index contributed by atoms with van der Waals surface area (Å²) >= 11 is 3.32. The Bertz CT molecular complexity index is 1690. The molecule has 0 saturated carbocycles. The molecular formula is C28H20BrN5O6. The third-order valence-corrected chi connectivity index (χ3v) is 6.73. The van der Waals surface area contributed by atoms with Crippen molar-refractivity contribution in [2.24, 2.45) is 0 Å². The van der Waals surface area contributed by atoms with Gasteiger partial charge in [0.15, 0.2) is 0 Å². The molecule has 2 aromatic carbocycles. The first kappa shape index (κ1) is 26.5. The minimum atomic E-state index is -0.814. The Morgan fingerprint density at radius 2 is 1.65 bits per heavy atom. The van der Waals surface area contributed by atoms with E-state index >= 15 is 0 Å². The van der Waals surface area contributed by atoms with E-state index in [0.717, 1.165) is 32.6 Å². The van der Waals surface area contributed by atoms with Gasteiger partial charge in [0.25, 0.3) is 17.5 Å². The van der Waals surface area contributed by atoms with Gasteiger partial charge in [0.1, 0.15) is 17.5 Å². The monoisotopic (exact) mass is 601 g/mol. The smallest absolute Gasteiger partial charge is 0.335 e. The number of rotatable bonds is 6. The lowest BCUT2D eigenvalue weighted by Gasteiger charge is -2.26. The molecule has 0 unspecified atom stereocenters. The van der Waals surface area contributed by atoms with Gasteiger partial charge in [0.2, 0.25) is 5.88 Å². The second-order valence-corrected chi connectivity index (χ2v) is 9.72. The van der Waals surface area contributed by atoms with E-state index in [4.69, 9.17) is 4.74 Å². The SMILES string of the molecule is Cc1cc(/C=C2\C(=O)NC(=O)N(c3ccc(Br)cc3)C2=O)c(C)n1-c1ccc(Oc2ccc([N+](=O)[O-])cn2)cc1. The average molecular weight is 602 g/mol. The zero-order valence-corrected chi connectivity index (χ0v) is 22.7. The molecule has 5 rings (SSSR count). The van der Waals surface area contributed by atoms with Gasteiger partial charge in [-0.05, 0) is 80.1 Å². The molecule has 2 aromatic heterocycles. The number of anilines is 1. The van der Waals surface area contributed by atoms with Crippen LogP contribution in [0.1, 0.15) is 17.0 Å². The minimum absolute atomic E-state index is 0.132. The normalized spacial score (nSPS) is 14.4. The van der Waals surface area contributed by atoms with Gasteiger partial charge in [-0.1, -0.05) is 15.9 Å². The fourth-order valence-electron chi connectivity index (χ4n) is 4.29. The van der Waals surface area contributed by atoms with Crippen molar-refractivity contribution < 1.29 is 24.0 Å². The predicted molar refractivity (Wildman–Crippen MR) is 149 cm³/mol. The second-order valence-electron chi connectivity index (χ2n) is 8.80. The van der Waals surface area contributed by atoms with Crippen LogP contribution in [0.3, 0.4) is 0 Å². The third kappa shape index (κ3) is 5.12. The maximum absolute atomic E-state index is 13.3. The Morgan fingerprint density at radius 1 is 0.975 bits per heavy atom. The first-order chi connectivity index (χ1) is 19.1. The van der Waals surface area contributed by atoms with E-state index in [0.29, 0.717) is 17.0 Å². The van der Waals surface area contributed by atoms with E-state index in [1.165, 1.54) is 18.2 Å². The van der Waals surface area contributed by atoms with Gasteiger partial charge >= 0.3 is 6.03 Å². The number of nitrogens with one attached hydrogen (secondary N) is 1. The van der Waals surface area contributed by atoms with Crippen LogP contribution in [-0.4, -0.2) is 32.3 Å². The molecule has 40 heavy (non-hydrogen) atoms. The molecule has 1 aliphatic heterocycles. The summed E-state index contributed by atoms with van der Waals surface area (Å²) in [5, 5.41) is 13.0. The van der Waals surface area contributed by atoms with E-state index in [-0.39, 0.29) is 17.1 Å². The molecular weight excluding hydrogens is 582 g/mol. The number of halogens is 1. The first-order valence-corrected chi connectivity index (χ1v) is 12.7. The highest BCUT2D eigenvalue weighted by Crippen LogP contribution is 2.28. The zero-order valence-electron chi connectivity index (χ0n) is 21.1. The van der Waals surface area contributed by atoms with Gasteiger partial charge in [-0.25, -0.2) is 14.7 Å². The summed E-state index contributed by atoms with van der Waals surface area (Å²) in [7, 11) is 0. The van der Waals surface area contributed by atoms with Gasteiger partial charge in [-0.3, -0.25) is 25.0 Å². The van der Waals surface area contributed by atoms with Gasteiger partial charge in [0.05, 0.1) is 10.6 Å². The van der Waals surface area contributed by atoms with Crippen molar-refractivity contribution in [3.8, 4) is 17.3 Å². The lowest BCUT2D eigenvalue weighted by molar-refractivity contribution is -0.385. The van der Waals surface area contributed by atoms with Crippen molar-refractivity contribution in [3.63, 3.8) is 0 Å². The van der Waals surface area contributed by atoms with Gasteiger partial charge in [-0.2, -0.15) is 0 Å². The van der Waals surface area contributed by atoms with Crippen LogP contribution in [0.25, 0.3) is 11.8 Å². The molecule has 1 fully saturated rings. The van der Waals surface area contributed by atoms with E-state index < -0.39 is 22.8 Å². The molecule has 200 valence electrons. The lowest BCUT2D eigenvalue weighted by atomic mass is 10.1. The molecule has 0 atom stereocenters. The number of benzene rings is 2. The predicted octanol–water partition coefficient (Wildman–Crippen LogP) is 5.62. The number of nitrogens with zero attached hydrogens (tertiary/aromatic N) is 4. The fraction of sp³-hybridized carbons (Fsp3) is 0.0714. The highest BCUT2D eigenvalue weighted by molar-refractivity contribution is 9.10. The van der Waals surface area contributed by atoms with Crippen molar-refractivity contribution in [1.29, 1.82) is 0 Å². The molecule has 11 nitrogen and oxygen atoms in total. The van der Waals surface area contributed by atoms with Crippen LogP contribution >= 0.6 is 15.9 Å². The standard InChI is InChI=1S/C28H20BrN5O6/c1-16-13-18(14-24-26(35)31-28(37)33(27(24)36)21-5-3-19(29)4-6-21)17(2)32(16)20-7-10-23(11-8-20)40-25-12-9-22(15-30-25)34(38)39/h3-15H,1-2H3,(H,31,35,37)/b24-14+. The van der Waals surface area contributed by atoms with Crippen LogP contribution < -0.4 is 15.0 Å². The second kappa shape index (κ2) is 10.6. The van der Waals surface area contributed by atoms with Gasteiger partial charge < -0.3 is 9.30 Å². The van der Waals surface area contributed by atoms with Crippen LogP contribution in [0.5, 0.6) is 11.6 Å². The maximum atomic E-state index is 13.3. The highest BCUT2D eigenvalue weighted by atomic mass is 79.9. The molecule has 0 spiro atoms. The van der Waals surface area contributed by atoms with Crippen LogP contribution in [-0.2, 0) is 9.59 Å². The quantitative estimate of drug-likeness (QED) is 0.131. The number of pyridine rings is 1. The van der Waals surface area contributed by atoms with E-state index in [1.54, 1.807) is 36.4 Å². The van der Waals surface area contributed by atoms with Gasteiger partial charge in [0, 0.05) is 33.7 Å². The van der Waals surface area contributed by atoms with Crippen molar-refractivity contribution >= 4 is 51.2 Å². The summed E-state index contributed by atoms with van der Waals surface area (Å²) in [5.74, 6) is -0.791. The number of carbonyl (C=O) groups is 3. The van der Waals surface area contributed by atoms with E-state index in [2.05, 4.69) is 26.2 Å². The van der Waals surface area contributed by atoms with Crippen molar-refractivity contribution in [2.75, 3.05) is 4.90 Å². The summed E-state index contributed by atoms with van der Waals surface area (Å²) in [6.07, 6.45) is 2.60. The molecule has 1 saturated heterocycles. The lowest BCUT2D eigenvalue weighted by Crippen LogP contribution is -2.54. The summed E-state index contributed by atoms with van der Waals surface area (Å²) < 4.78 is 8.41. The minimum Gasteiger partial charge on any atom is -0.439 e. The van der Waals surface area contributed by atoms with E-state index in [1.807, 2.05) is 36.6 Å². The third-order valence-electron chi connectivity index (χ3n) is 6.21. The number of ether oxygens (including phenoxy) is 1. The molecule has 0 bridgehead atoms. The van der Waals surface area contributed by atoms with Crippen LogP contribution in [0, 0.1) is 24.0 Å². The number of hydrogen-bond donors (Lipinski definition) is 1. The molecule has 12 heteroatoms. The van der Waals surface area contributed by atoms with E-state index in [9.17, 15) is 24.5 Å². The Hall–Kier alpha value is -5.10. The Morgan fingerprint density at radius 3 is 2.27 bits per heavy atom. The topological polar surface area (TPSA) is 137 Å². The molecule has 0 radical (unpaired) electrons. The number of amides is 4. The Labute approximate surface area is 236 Å². The number of aryl methyl sites for hydroxylation is 1. The molecule has 1 aliphatic rings. The summed E-state index contributed by atoms with van der Waals surface area (Å²) in [6, 6.07) is 17.5. The fourth-order valence-corrected chi connectivity index (χ4v) is 4.56. The number of carbonyl (C=O) groups excluding carboxylic acids is 3. The van der Waals surface area contributed by atoms with Crippen molar-refractivity contribution in [2.45, 2.75) is 13.8 Å². The largest absolute Gasteiger partial charge is 0.439 e. The van der Waals surface area contributed by atoms with Crippen LogP contribution in [0.15, 0.2) is 83.0 Å². The molecule has 0 aliphatic carbocycles. The zero-order chi connectivity index (χ0) is 28.6. The average Bonchev–Trinajstić information content (AvgIpc) is 3.20. The Balaban J connectivity index is 1.41. The van der Waals surface area contributed by atoms with Crippen molar-refractivity contribution in [3.05, 3.63) is 110 Å². The maximum Gasteiger partial charge on any atom is 0.335 e. The Kier molecular flexibility index (Phi) is 7.01. The number of imide groups is 2. The number of aromatic nitrogens is 2. The molecule has 4 amide bonds.